The number of carbonyl (C=O) groups is 1. The largest absolute Gasteiger partial charge is 0.468 e. The molecule has 0 aromatic heterocycles. The van der Waals surface area contributed by atoms with Crippen LogP contribution >= 0.6 is 0 Å². The third-order valence-electron chi connectivity index (χ3n) is 2.49. The fourth-order valence-corrected chi connectivity index (χ4v) is 1.24. The van der Waals surface area contributed by atoms with Crippen molar-refractivity contribution in [3.8, 4) is 0 Å². The van der Waals surface area contributed by atoms with E-state index in [1.807, 2.05) is 31.2 Å². The first-order chi connectivity index (χ1) is 7.60. The number of hydrogen-bond acceptors (Lipinski definition) is 3. The van der Waals surface area contributed by atoms with Crippen molar-refractivity contribution in [3.63, 3.8) is 0 Å². The molecule has 0 rings (SSSR count). The van der Waals surface area contributed by atoms with Gasteiger partial charge in [0.05, 0.1) is 7.11 Å². The molecule has 0 spiro atoms. The summed E-state index contributed by atoms with van der Waals surface area (Å²) in [6.07, 6.45) is 10.9. The van der Waals surface area contributed by atoms with Crippen LogP contribution in [0.3, 0.4) is 0 Å². The summed E-state index contributed by atoms with van der Waals surface area (Å²) >= 11 is 0. The standard InChI is InChI=1S/C13H21NO2/c1-5-6-7-8-9-10-11-13(2,14-3)12(15)16-4/h5-9,14H,1,10-11H2,2-4H3/b7-6-,9-8-/t13-/m0/s1. The van der Waals surface area contributed by atoms with E-state index in [0.29, 0.717) is 6.42 Å². The summed E-state index contributed by atoms with van der Waals surface area (Å²) in [6, 6.07) is 0. The zero-order valence-corrected chi connectivity index (χ0v) is 10.3. The van der Waals surface area contributed by atoms with E-state index in [2.05, 4.69) is 11.9 Å². The van der Waals surface area contributed by atoms with Gasteiger partial charge in [0, 0.05) is 0 Å². The van der Waals surface area contributed by atoms with Gasteiger partial charge in [0.25, 0.3) is 0 Å². The van der Waals surface area contributed by atoms with Crippen LogP contribution < -0.4 is 5.32 Å². The van der Waals surface area contributed by atoms with Gasteiger partial charge in [-0.2, -0.15) is 0 Å². The van der Waals surface area contributed by atoms with Gasteiger partial charge in [0.1, 0.15) is 5.54 Å². The molecule has 3 nitrogen and oxygen atoms in total. The van der Waals surface area contributed by atoms with E-state index in [-0.39, 0.29) is 5.97 Å². The van der Waals surface area contributed by atoms with Crippen molar-refractivity contribution >= 4 is 5.97 Å². The normalized spacial score (nSPS) is 15.2. The molecule has 0 aromatic carbocycles. The molecule has 1 atom stereocenters. The van der Waals surface area contributed by atoms with Crippen molar-refractivity contribution in [1.29, 1.82) is 0 Å². The molecule has 16 heavy (non-hydrogen) atoms. The molecule has 0 unspecified atom stereocenters. The smallest absolute Gasteiger partial charge is 0.325 e. The lowest BCUT2D eigenvalue weighted by Gasteiger charge is -2.25. The Morgan fingerprint density at radius 3 is 2.62 bits per heavy atom. The molecule has 90 valence electrons. The van der Waals surface area contributed by atoms with Gasteiger partial charge in [0.15, 0.2) is 0 Å². The highest BCUT2D eigenvalue weighted by molar-refractivity contribution is 5.80. The van der Waals surface area contributed by atoms with Crippen LogP contribution in [-0.2, 0) is 9.53 Å². The molecule has 0 saturated heterocycles. The number of esters is 1. The highest BCUT2D eigenvalue weighted by Gasteiger charge is 2.31. The zero-order valence-electron chi connectivity index (χ0n) is 10.3. The second kappa shape index (κ2) is 7.88. The Morgan fingerprint density at radius 2 is 2.12 bits per heavy atom. The van der Waals surface area contributed by atoms with E-state index in [1.54, 1.807) is 13.1 Å². The first-order valence-corrected chi connectivity index (χ1v) is 5.32. The molecule has 1 N–H and O–H groups in total. The third-order valence-corrected chi connectivity index (χ3v) is 2.49. The molecule has 0 aromatic rings. The van der Waals surface area contributed by atoms with Gasteiger partial charge >= 0.3 is 5.97 Å². The number of methoxy groups -OCH3 is 1. The van der Waals surface area contributed by atoms with Crippen molar-refractivity contribution in [2.45, 2.75) is 25.3 Å². The lowest BCUT2D eigenvalue weighted by molar-refractivity contribution is -0.147. The monoisotopic (exact) mass is 223 g/mol. The molecule has 0 aliphatic heterocycles. The van der Waals surface area contributed by atoms with Crippen molar-refractivity contribution in [1.82, 2.24) is 5.32 Å². The maximum atomic E-state index is 11.5. The van der Waals surface area contributed by atoms with Crippen LogP contribution in [0.15, 0.2) is 37.0 Å². The van der Waals surface area contributed by atoms with Crippen LogP contribution in [0.4, 0.5) is 0 Å². The van der Waals surface area contributed by atoms with Gasteiger partial charge in [-0.1, -0.05) is 37.0 Å². The van der Waals surface area contributed by atoms with E-state index in [4.69, 9.17) is 4.74 Å². The second-order valence-electron chi connectivity index (χ2n) is 3.66. The number of likely N-dealkylation sites (N-methyl/N-ethyl adjacent to an activating group) is 1. The Morgan fingerprint density at radius 1 is 1.44 bits per heavy atom. The van der Waals surface area contributed by atoms with Crippen molar-refractivity contribution in [2.24, 2.45) is 0 Å². The summed E-state index contributed by atoms with van der Waals surface area (Å²) in [5, 5.41) is 2.99. The predicted molar refractivity (Wildman–Crippen MR) is 67.2 cm³/mol. The molecule has 0 amide bonds. The highest BCUT2D eigenvalue weighted by atomic mass is 16.5. The number of ether oxygens (including phenoxy) is 1. The molecular formula is C13H21NO2. The fraction of sp³-hybridized carbons (Fsp3) is 0.462. The van der Waals surface area contributed by atoms with E-state index in [9.17, 15) is 4.79 Å². The van der Waals surface area contributed by atoms with Gasteiger partial charge in [-0.3, -0.25) is 4.79 Å². The Labute approximate surface area is 97.9 Å². The molecule has 0 aliphatic carbocycles. The summed E-state index contributed by atoms with van der Waals surface area (Å²) in [5.41, 5.74) is -0.610. The second-order valence-corrected chi connectivity index (χ2v) is 3.66. The maximum Gasteiger partial charge on any atom is 0.325 e. The minimum Gasteiger partial charge on any atom is -0.468 e. The lowest BCUT2D eigenvalue weighted by Crippen LogP contribution is -2.48. The quantitative estimate of drug-likeness (QED) is 0.531. The van der Waals surface area contributed by atoms with Gasteiger partial charge in [-0.15, -0.1) is 0 Å². The minimum atomic E-state index is -0.610. The first kappa shape index (κ1) is 14.6. The summed E-state index contributed by atoms with van der Waals surface area (Å²) in [7, 11) is 3.17. The van der Waals surface area contributed by atoms with Crippen LogP contribution in [0.25, 0.3) is 0 Å². The van der Waals surface area contributed by atoms with Crippen LogP contribution in [-0.4, -0.2) is 25.7 Å². The highest BCUT2D eigenvalue weighted by Crippen LogP contribution is 2.14. The van der Waals surface area contributed by atoms with Crippen LogP contribution in [0.1, 0.15) is 19.8 Å². The number of rotatable bonds is 7. The molecule has 0 aliphatic rings. The van der Waals surface area contributed by atoms with Crippen LogP contribution in [0.2, 0.25) is 0 Å². The molecule has 0 radical (unpaired) electrons. The minimum absolute atomic E-state index is 0.231. The zero-order chi connectivity index (χ0) is 12.4. The molecule has 0 bridgehead atoms. The number of allylic oxidation sites excluding steroid dienone is 5. The number of nitrogens with one attached hydrogen (secondary N) is 1. The molecule has 0 saturated carbocycles. The SMILES string of the molecule is C=C/C=C\C=C/CC[C@](C)(NC)C(=O)OC. The average molecular weight is 223 g/mol. The van der Waals surface area contributed by atoms with E-state index < -0.39 is 5.54 Å². The van der Waals surface area contributed by atoms with Gasteiger partial charge in [-0.25, -0.2) is 0 Å². The number of hydrogen-bond donors (Lipinski definition) is 1. The number of carbonyl (C=O) groups excluding carboxylic acids is 1. The van der Waals surface area contributed by atoms with E-state index in [0.717, 1.165) is 6.42 Å². The van der Waals surface area contributed by atoms with E-state index in [1.165, 1.54) is 7.11 Å². The molecule has 0 heterocycles. The average Bonchev–Trinajstić information content (AvgIpc) is 2.32. The van der Waals surface area contributed by atoms with Crippen LogP contribution in [0, 0.1) is 0 Å². The van der Waals surface area contributed by atoms with Gasteiger partial charge < -0.3 is 10.1 Å². The fourth-order valence-electron chi connectivity index (χ4n) is 1.24. The molecule has 3 heteroatoms. The predicted octanol–water partition coefficient (Wildman–Crippen LogP) is 2.22. The summed E-state index contributed by atoms with van der Waals surface area (Å²) in [4.78, 5) is 11.5. The van der Waals surface area contributed by atoms with Gasteiger partial charge in [0.2, 0.25) is 0 Å². The van der Waals surface area contributed by atoms with Crippen LogP contribution in [0.5, 0.6) is 0 Å². The van der Waals surface area contributed by atoms with Crippen molar-refractivity contribution < 1.29 is 9.53 Å². The summed E-state index contributed by atoms with van der Waals surface area (Å²) in [6.45, 7) is 5.41. The Bertz CT molecular complexity index is 282. The Balaban J connectivity index is 4.14. The first-order valence-electron chi connectivity index (χ1n) is 5.32. The Kier molecular flexibility index (Phi) is 7.21. The molecular weight excluding hydrogens is 202 g/mol. The maximum absolute atomic E-state index is 11.5. The third kappa shape index (κ3) is 4.94. The Hall–Kier alpha value is -1.35. The van der Waals surface area contributed by atoms with Crippen molar-refractivity contribution in [3.05, 3.63) is 37.0 Å². The molecule has 0 fully saturated rings. The van der Waals surface area contributed by atoms with Gasteiger partial charge in [-0.05, 0) is 26.8 Å². The lowest BCUT2D eigenvalue weighted by atomic mass is 9.96. The summed E-state index contributed by atoms with van der Waals surface area (Å²) in [5.74, 6) is -0.231. The topological polar surface area (TPSA) is 38.3 Å². The van der Waals surface area contributed by atoms with Crippen molar-refractivity contribution in [2.75, 3.05) is 14.2 Å². The summed E-state index contributed by atoms with van der Waals surface area (Å²) < 4.78 is 4.75. The van der Waals surface area contributed by atoms with E-state index >= 15 is 0 Å².